The highest BCUT2D eigenvalue weighted by molar-refractivity contribution is 5.80. The number of esters is 1. The van der Waals surface area contributed by atoms with Gasteiger partial charge in [0.2, 0.25) is 5.91 Å². The number of rotatable bonds is 46. The largest absolute Gasteiger partial charge is 0.454 e. The Morgan fingerprint density at radius 3 is 1.52 bits per heavy atom. The van der Waals surface area contributed by atoms with E-state index in [1.54, 1.807) is 6.08 Å². The molecular weight excluding hydrogens is 847 g/mol. The SMILES string of the molecule is CCCCC/C=C/C=C/CCCCCCCC(O)C(=O)NC(COC1OC(CO)C(O)C(O)C1OC(=O)CCCCCCCCCCCCC)C(O)/C=C/CCCCCCCCCCCCC. The Morgan fingerprint density at radius 2 is 1.01 bits per heavy atom. The summed E-state index contributed by atoms with van der Waals surface area (Å²) in [6.45, 7) is 5.73. The molecule has 8 atom stereocenters. The number of nitrogens with one attached hydrogen (secondary N) is 1. The highest BCUT2D eigenvalue weighted by atomic mass is 16.7. The zero-order valence-corrected chi connectivity index (χ0v) is 43.0. The van der Waals surface area contributed by atoms with Gasteiger partial charge in [-0.3, -0.25) is 9.59 Å². The van der Waals surface area contributed by atoms with Gasteiger partial charge in [-0.05, 0) is 51.4 Å². The zero-order valence-electron chi connectivity index (χ0n) is 43.0. The molecule has 67 heavy (non-hydrogen) atoms. The lowest BCUT2D eigenvalue weighted by Gasteiger charge is -2.41. The smallest absolute Gasteiger partial charge is 0.306 e. The van der Waals surface area contributed by atoms with Gasteiger partial charge >= 0.3 is 5.97 Å². The first-order valence-corrected chi connectivity index (χ1v) is 27.8. The summed E-state index contributed by atoms with van der Waals surface area (Å²) < 4.78 is 17.5. The van der Waals surface area contributed by atoms with Crippen molar-refractivity contribution in [3.63, 3.8) is 0 Å². The molecule has 0 saturated carbocycles. The second-order valence-electron chi connectivity index (χ2n) is 19.4. The third-order valence-electron chi connectivity index (χ3n) is 13.1. The minimum absolute atomic E-state index is 0.125. The topological polar surface area (TPSA) is 175 Å². The fourth-order valence-electron chi connectivity index (χ4n) is 8.58. The Morgan fingerprint density at radius 1 is 0.582 bits per heavy atom. The van der Waals surface area contributed by atoms with Crippen molar-refractivity contribution >= 4 is 11.9 Å². The summed E-state index contributed by atoms with van der Waals surface area (Å²) in [5.41, 5.74) is 0. The fraction of sp³-hybridized carbons (Fsp3) is 0.857. The van der Waals surface area contributed by atoms with Crippen LogP contribution < -0.4 is 5.32 Å². The first-order valence-electron chi connectivity index (χ1n) is 27.8. The van der Waals surface area contributed by atoms with Gasteiger partial charge in [0.15, 0.2) is 12.4 Å². The maximum Gasteiger partial charge on any atom is 0.306 e. The van der Waals surface area contributed by atoms with Gasteiger partial charge in [-0.25, -0.2) is 0 Å². The number of hydrogen-bond acceptors (Lipinski definition) is 10. The minimum Gasteiger partial charge on any atom is -0.454 e. The van der Waals surface area contributed by atoms with Gasteiger partial charge in [0, 0.05) is 6.42 Å². The number of hydrogen-bond donors (Lipinski definition) is 6. The number of allylic oxidation sites excluding steroid dienone is 5. The van der Waals surface area contributed by atoms with Crippen molar-refractivity contribution < 1.29 is 49.3 Å². The summed E-state index contributed by atoms with van der Waals surface area (Å²) in [6, 6.07) is -1.03. The van der Waals surface area contributed by atoms with Crippen molar-refractivity contribution in [3.05, 3.63) is 36.5 Å². The Hall–Kier alpha value is -2.12. The molecule has 392 valence electrons. The molecule has 0 aliphatic carbocycles. The monoisotopic (exact) mass is 950 g/mol. The molecule has 0 aromatic heterocycles. The minimum atomic E-state index is -1.61. The van der Waals surface area contributed by atoms with Gasteiger partial charge in [-0.15, -0.1) is 0 Å². The number of carbonyl (C=O) groups is 2. The summed E-state index contributed by atoms with van der Waals surface area (Å²) in [5, 5.41) is 56.7. The van der Waals surface area contributed by atoms with Crippen molar-refractivity contribution in [3.8, 4) is 0 Å². The third kappa shape index (κ3) is 34.0. The Bertz CT molecular complexity index is 1230. The highest BCUT2D eigenvalue weighted by Gasteiger charge is 2.47. The molecule has 1 amide bonds. The molecule has 1 rings (SSSR count). The van der Waals surface area contributed by atoms with E-state index in [-0.39, 0.29) is 19.4 Å². The maximum absolute atomic E-state index is 13.3. The quantitative estimate of drug-likeness (QED) is 0.0149. The van der Waals surface area contributed by atoms with Crippen LogP contribution in [0.2, 0.25) is 0 Å². The molecule has 1 fully saturated rings. The van der Waals surface area contributed by atoms with Gasteiger partial charge in [-0.1, -0.05) is 224 Å². The van der Waals surface area contributed by atoms with Crippen molar-refractivity contribution in [2.45, 2.75) is 294 Å². The van der Waals surface area contributed by atoms with Crippen LogP contribution in [0.15, 0.2) is 36.5 Å². The average molecular weight is 950 g/mol. The average Bonchev–Trinajstić information content (AvgIpc) is 3.32. The maximum atomic E-state index is 13.3. The number of aliphatic hydroxyl groups is 5. The lowest BCUT2D eigenvalue weighted by molar-refractivity contribution is -0.305. The number of ether oxygens (including phenoxy) is 3. The summed E-state index contributed by atoms with van der Waals surface area (Å²) in [5.74, 6) is -1.20. The summed E-state index contributed by atoms with van der Waals surface area (Å²) in [4.78, 5) is 26.4. The molecule has 1 heterocycles. The van der Waals surface area contributed by atoms with Gasteiger partial charge < -0.3 is 45.1 Å². The van der Waals surface area contributed by atoms with Crippen LogP contribution in [0.5, 0.6) is 0 Å². The lowest BCUT2D eigenvalue weighted by Crippen LogP contribution is -2.61. The van der Waals surface area contributed by atoms with Gasteiger partial charge in [0.25, 0.3) is 0 Å². The number of carbonyl (C=O) groups excluding carboxylic acids is 2. The second kappa shape index (κ2) is 45.0. The Balaban J connectivity index is 2.78. The van der Waals surface area contributed by atoms with Crippen molar-refractivity contribution in [2.75, 3.05) is 13.2 Å². The van der Waals surface area contributed by atoms with E-state index in [1.807, 2.05) is 6.08 Å². The van der Waals surface area contributed by atoms with Crippen molar-refractivity contribution in [1.82, 2.24) is 5.32 Å². The molecule has 1 saturated heterocycles. The van der Waals surface area contributed by atoms with E-state index in [4.69, 9.17) is 14.2 Å². The van der Waals surface area contributed by atoms with Gasteiger partial charge in [-0.2, -0.15) is 0 Å². The molecule has 0 aromatic rings. The lowest BCUT2D eigenvalue weighted by atomic mass is 9.99. The predicted octanol–water partition coefficient (Wildman–Crippen LogP) is 11.9. The second-order valence-corrected chi connectivity index (χ2v) is 19.4. The van der Waals surface area contributed by atoms with E-state index in [1.165, 1.54) is 122 Å². The molecule has 1 aliphatic heterocycles. The van der Waals surface area contributed by atoms with Crippen molar-refractivity contribution in [2.24, 2.45) is 0 Å². The summed E-state index contributed by atoms with van der Waals surface area (Å²) in [6.07, 6.45) is 40.5. The zero-order chi connectivity index (χ0) is 49.0. The first kappa shape index (κ1) is 62.9. The van der Waals surface area contributed by atoms with E-state index in [9.17, 15) is 35.1 Å². The van der Waals surface area contributed by atoms with E-state index in [0.717, 1.165) is 77.0 Å². The van der Waals surface area contributed by atoms with Crippen LogP contribution in [0, 0.1) is 0 Å². The normalized spacial score (nSPS) is 20.3. The van der Waals surface area contributed by atoms with Gasteiger partial charge in [0.05, 0.1) is 25.4 Å². The molecule has 0 bridgehead atoms. The summed E-state index contributed by atoms with van der Waals surface area (Å²) >= 11 is 0. The molecule has 11 nitrogen and oxygen atoms in total. The molecule has 0 spiro atoms. The number of aliphatic hydroxyl groups excluding tert-OH is 5. The Kier molecular flexibility index (Phi) is 42.3. The van der Waals surface area contributed by atoms with Crippen molar-refractivity contribution in [1.29, 1.82) is 0 Å². The summed E-state index contributed by atoms with van der Waals surface area (Å²) in [7, 11) is 0. The van der Waals surface area contributed by atoms with Crippen LogP contribution in [0.4, 0.5) is 0 Å². The molecule has 0 aromatic carbocycles. The molecule has 11 heteroatoms. The highest BCUT2D eigenvalue weighted by Crippen LogP contribution is 2.26. The molecule has 8 unspecified atom stereocenters. The molecule has 1 aliphatic rings. The molecule has 6 N–H and O–H groups in total. The van der Waals surface area contributed by atoms with E-state index >= 15 is 0 Å². The van der Waals surface area contributed by atoms with Gasteiger partial charge in [0.1, 0.15) is 24.4 Å². The van der Waals surface area contributed by atoms with E-state index in [0.29, 0.717) is 12.8 Å². The van der Waals surface area contributed by atoms with E-state index in [2.05, 4.69) is 50.4 Å². The standard InChI is InChI=1S/C56H103NO10/c1-4-7-10-13-16-19-22-24-26-29-31-34-37-40-43-49(60)55(64)57-47(48(59)42-39-36-33-30-28-25-23-20-17-14-11-8-5-2)46-65-56-54(53(63)52(62)50(45-58)66-56)67-51(61)44-41-38-35-32-27-21-18-15-12-9-6-3/h16,19,22,24,39,42,47-50,52-54,56,58-60,62-63H,4-15,17-18,20-21,23,25-38,40-41,43-46H2,1-3H3,(H,57,64)/b19-16+,24-22+,42-39+. The number of amides is 1. The Labute approximate surface area is 409 Å². The third-order valence-corrected chi connectivity index (χ3v) is 13.1. The molecular formula is C56H103NO10. The predicted molar refractivity (Wildman–Crippen MR) is 274 cm³/mol. The van der Waals surface area contributed by atoms with Crippen LogP contribution in [-0.2, 0) is 23.8 Å². The van der Waals surface area contributed by atoms with E-state index < -0.39 is 67.4 Å². The molecule has 0 radical (unpaired) electrons. The van der Waals surface area contributed by atoms with Crippen LogP contribution in [0.1, 0.15) is 245 Å². The number of unbranched alkanes of at least 4 members (excludes halogenated alkanes) is 29. The van der Waals surface area contributed by atoms with Crippen LogP contribution in [-0.4, -0.2) is 99.6 Å². The van der Waals surface area contributed by atoms with Crippen LogP contribution >= 0.6 is 0 Å². The van der Waals surface area contributed by atoms with Crippen LogP contribution in [0.3, 0.4) is 0 Å². The first-order chi connectivity index (χ1) is 32.7. The van der Waals surface area contributed by atoms with Crippen LogP contribution in [0.25, 0.3) is 0 Å². The fourth-order valence-corrected chi connectivity index (χ4v) is 8.58.